The molecule has 0 bridgehead atoms. The van der Waals surface area contributed by atoms with Crippen molar-refractivity contribution < 1.29 is 13.2 Å². The van der Waals surface area contributed by atoms with E-state index in [1.165, 1.54) is 6.07 Å². The summed E-state index contributed by atoms with van der Waals surface area (Å²) in [5.41, 5.74) is 0.811. The Morgan fingerprint density at radius 2 is 1.73 bits per heavy atom. The zero-order valence-electron chi connectivity index (χ0n) is 7.63. The van der Waals surface area contributed by atoms with Crippen LogP contribution in [0.15, 0.2) is 40.8 Å². The third kappa shape index (κ3) is 1.13. The molecule has 0 unspecified atom stereocenters. The normalized spacial score (nSPS) is 11.3. The van der Waals surface area contributed by atoms with Gasteiger partial charge < -0.3 is 4.42 Å². The van der Waals surface area contributed by atoms with E-state index in [1.807, 2.05) is 0 Å². The number of fused-ring (bicyclic) bond motifs is 3. The van der Waals surface area contributed by atoms with Crippen molar-refractivity contribution in [3.05, 3.63) is 48.0 Å². The Hall–Kier alpha value is -1.90. The summed E-state index contributed by atoms with van der Waals surface area (Å²) >= 11 is 0. The summed E-state index contributed by atoms with van der Waals surface area (Å²) in [6.07, 6.45) is 0. The second-order valence-electron chi connectivity index (χ2n) is 3.36. The van der Waals surface area contributed by atoms with Crippen LogP contribution in [-0.4, -0.2) is 0 Å². The van der Waals surface area contributed by atoms with Crippen LogP contribution >= 0.6 is 0 Å². The summed E-state index contributed by atoms with van der Waals surface area (Å²) in [5.74, 6) is -1.21. The van der Waals surface area contributed by atoms with Gasteiger partial charge in [-0.2, -0.15) is 0 Å². The summed E-state index contributed by atoms with van der Waals surface area (Å²) in [4.78, 5) is 0. The molecule has 0 fully saturated rings. The van der Waals surface area contributed by atoms with Crippen molar-refractivity contribution in [1.82, 2.24) is 0 Å². The summed E-state index contributed by atoms with van der Waals surface area (Å²) in [6, 6.07) is 9.12. The molecule has 1 nitrogen and oxygen atoms in total. The lowest BCUT2D eigenvalue weighted by molar-refractivity contribution is 0.584. The van der Waals surface area contributed by atoms with Crippen LogP contribution in [0.2, 0.25) is 0 Å². The Bertz CT molecular complexity index is 655. The van der Waals surface area contributed by atoms with Crippen LogP contribution in [0.25, 0.3) is 21.9 Å². The highest BCUT2D eigenvalue weighted by atomic mass is 19.1. The topological polar surface area (TPSA) is 13.1 Å². The van der Waals surface area contributed by atoms with E-state index in [0.29, 0.717) is 16.4 Å². The van der Waals surface area contributed by atoms with Crippen LogP contribution in [0.5, 0.6) is 0 Å². The van der Waals surface area contributed by atoms with E-state index >= 15 is 0 Å². The number of halogens is 2. The van der Waals surface area contributed by atoms with E-state index in [9.17, 15) is 8.78 Å². The van der Waals surface area contributed by atoms with Gasteiger partial charge in [-0.15, -0.1) is 0 Å². The maximum atomic E-state index is 13.5. The monoisotopic (exact) mass is 204 g/mol. The number of hydrogen-bond donors (Lipinski definition) is 0. The molecule has 2 aromatic carbocycles. The Kier molecular flexibility index (Phi) is 1.57. The fourth-order valence-corrected chi connectivity index (χ4v) is 1.77. The predicted octanol–water partition coefficient (Wildman–Crippen LogP) is 3.86. The molecular weight excluding hydrogens is 198 g/mol. The molecule has 0 atom stereocenters. The summed E-state index contributed by atoms with van der Waals surface area (Å²) < 4.78 is 31.8. The van der Waals surface area contributed by atoms with Crippen LogP contribution < -0.4 is 0 Å². The molecule has 74 valence electrons. The van der Waals surface area contributed by atoms with Crippen molar-refractivity contribution in [2.45, 2.75) is 0 Å². The molecule has 0 aliphatic carbocycles. The molecule has 15 heavy (non-hydrogen) atoms. The fraction of sp³-hybridized carbons (Fsp3) is 0. The largest absolute Gasteiger partial charge is 0.456 e. The lowest BCUT2D eigenvalue weighted by Gasteiger charge is -1.92. The zero-order valence-corrected chi connectivity index (χ0v) is 7.63. The quantitative estimate of drug-likeness (QED) is 0.541. The standard InChI is InChI=1S/C12H6F2O/c13-7-5-9(14)12-8-3-1-2-4-10(8)15-11(12)6-7/h1-6H. The number of rotatable bonds is 0. The van der Waals surface area contributed by atoms with Gasteiger partial charge in [-0.3, -0.25) is 0 Å². The minimum absolute atomic E-state index is 0.244. The third-order valence-electron chi connectivity index (χ3n) is 2.40. The van der Waals surface area contributed by atoms with Gasteiger partial charge in [0, 0.05) is 17.5 Å². The third-order valence-corrected chi connectivity index (χ3v) is 2.40. The van der Waals surface area contributed by atoms with Crippen molar-refractivity contribution in [2.75, 3.05) is 0 Å². The number of furan rings is 1. The van der Waals surface area contributed by atoms with Crippen molar-refractivity contribution in [3.8, 4) is 0 Å². The Labute approximate surface area is 83.9 Å². The number of hydrogen-bond acceptors (Lipinski definition) is 1. The summed E-state index contributed by atoms with van der Waals surface area (Å²) in [5, 5.41) is 1.01. The Balaban J connectivity index is 2.61. The number of para-hydroxylation sites is 1. The van der Waals surface area contributed by atoms with Gasteiger partial charge in [-0.1, -0.05) is 18.2 Å². The molecule has 0 aliphatic heterocycles. The Morgan fingerprint density at radius 1 is 0.933 bits per heavy atom. The molecular formula is C12H6F2O. The summed E-state index contributed by atoms with van der Waals surface area (Å²) in [6.45, 7) is 0. The Morgan fingerprint density at radius 3 is 2.60 bits per heavy atom. The van der Waals surface area contributed by atoms with E-state index in [4.69, 9.17) is 4.42 Å². The lowest BCUT2D eigenvalue weighted by atomic mass is 10.1. The lowest BCUT2D eigenvalue weighted by Crippen LogP contribution is -1.79. The van der Waals surface area contributed by atoms with E-state index in [2.05, 4.69) is 0 Å². The van der Waals surface area contributed by atoms with Gasteiger partial charge in [0.05, 0.1) is 5.39 Å². The first-order valence-corrected chi connectivity index (χ1v) is 4.52. The molecule has 0 saturated carbocycles. The SMILES string of the molecule is Fc1cc(F)c2c(c1)oc1ccccc12. The summed E-state index contributed by atoms with van der Waals surface area (Å²) in [7, 11) is 0. The van der Waals surface area contributed by atoms with Gasteiger partial charge in [-0.25, -0.2) is 8.78 Å². The fourth-order valence-electron chi connectivity index (χ4n) is 1.77. The molecule has 0 saturated heterocycles. The highest BCUT2D eigenvalue weighted by Gasteiger charge is 2.12. The van der Waals surface area contributed by atoms with Crippen LogP contribution in [0.1, 0.15) is 0 Å². The molecule has 0 aliphatic rings. The molecule has 3 rings (SSSR count). The van der Waals surface area contributed by atoms with E-state index in [1.54, 1.807) is 24.3 Å². The van der Waals surface area contributed by atoms with Gasteiger partial charge in [-0.05, 0) is 6.07 Å². The van der Waals surface area contributed by atoms with Crippen LogP contribution in [0, 0.1) is 11.6 Å². The molecule has 1 aromatic heterocycles. The van der Waals surface area contributed by atoms with Crippen molar-refractivity contribution >= 4 is 21.9 Å². The van der Waals surface area contributed by atoms with E-state index in [-0.39, 0.29) is 5.58 Å². The second-order valence-corrected chi connectivity index (χ2v) is 3.36. The first-order chi connectivity index (χ1) is 7.25. The van der Waals surface area contributed by atoms with Gasteiger partial charge in [0.25, 0.3) is 0 Å². The highest BCUT2D eigenvalue weighted by Crippen LogP contribution is 2.30. The molecule has 0 spiro atoms. The maximum Gasteiger partial charge on any atom is 0.141 e. The van der Waals surface area contributed by atoms with Crippen molar-refractivity contribution in [3.63, 3.8) is 0 Å². The van der Waals surface area contributed by atoms with Crippen LogP contribution in [0.4, 0.5) is 8.78 Å². The smallest absolute Gasteiger partial charge is 0.141 e. The first-order valence-electron chi connectivity index (χ1n) is 4.52. The zero-order chi connectivity index (χ0) is 10.4. The van der Waals surface area contributed by atoms with Crippen LogP contribution in [-0.2, 0) is 0 Å². The molecule has 1 heterocycles. The van der Waals surface area contributed by atoms with E-state index < -0.39 is 11.6 Å². The second kappa shape index (κ2) is 2.79. The molecule has 3 heteroatoms. The first kappa shape index (κ1) is 8.41. The van der Waals surface area contributed by atoms with Gasteiger partial charge >= 0.3 is 0 Å². The average molecular weight is 204 g/mol. The molecule has 0 radical (unpaired) electrons. The minimum atomic E-state index is -0.626. The maximum absolute atomic E-state index is 13.5. The molecule has 0 N–H and O–H groups in total. The predicted molar refractivity (Wildman–Crippen MR) is 53.6 cm³/mol. The van der Waals surface area contributed by atoms with Gasteiger partial charge in [0.1, 0.15) is 22.8 Å². The van der Waals surface area contributed by atoms with Crippen molar-refractivity contribution in [2.24, 2.45) is 0 Å². The van der Waals surface area contributed by atoms with Crippen molar-refractivity contribution in [1.29, 1.82) is 0 Å². The minimum Gasteiger partial charge on any atom is -0.456 e. The van der Waals surface area contributed by atoms with E-state index in [0.717, 1.165) is 6.07 Å². The molecule has 0 amide bonds. The number of benzene rings is 2. The van der Waals surface area contributed by atoms with Gasteiger partial charge in [0.15, 0.2) is 0 Å². The van der Waals surface area contributed by atoms with Crippen LogP contribution in [0.3, 0.4) is 0 Å². The molecule has 3 aromatic rings. The van der Waals surface area contributed by atoms with Gasteiger partial charge in [0.2, 0.25) is 0 Å². The average Bonchev–Trinajstić information content (AvgIpc) is 2.54. The highest BCUT2D eigenvalue weighted by molar-refractivity contribution is 6.05.